The number of esters is 1. The average molecular weight is 434 g/mol. The normalized spacial score (nSPS) is 18.0. The maximum absolute atomic E-state index is 13.1. The summed E-state index contributed by atoms with van der Waals surface area (Å²) in [5.74, 6) is -0.123. The second kappa shape index (κ2) is 8.77. The van der Waals surface area contributed by atoms with E-state index in [0.29, 0.717) is 30.2 Å². The highest BCUT2D eigenvalue weighted by molar-refractivity contribution is 7.89. The van der Waals surface area contributed by atoms with Crippen LogP contribution in [0.2, 0.25) is 0 Å². The Hall–Kier alpha value is -2.39. The van der Waals surface area contributed by atoms with Crippen LogP contribution < -0.4 is 4.90 Å². The Kier molecular flexibility index (Phi) is 6.10. The summed E-state index contributed by atoms with van der Waals surface area (Å²) in [7, 11) is -3.64. The second-order valence-corrected chi connectivity index (χ2v) is 9.79. The first-order chi connectivity index (χ1) is 14.4. The molecule has 4 rings (SSSR count). The molecule has 2 saturated heterocycles. The van der Waals surface area contributed by atoms with Crippen molar-refractivity contribution < 1.29 is 22.5 Å². The quantitative estimate of drug-likeness (QED) is 0.646. The van der Waals surface area contributed by atoms with Gasteiger partial charge in [-0.25, -0.2) is 13.2 Å². The van der Waals surface area contributed by atoms with Crippen molar-refractivity contribution in [2.75, 3.05) is 31.1 Å². The van der Waals surface area contributed by atoms with Crippen molar-refractivity contribution in [3.05, 3.63) is 41.3 Å². The minimum absolute atomic E-state index is 0.0534. The van der Waals surface area contributed by atoms with E-state index in [9.17, 15) is 13.2 Å². The summed E-state index contributed by atoms with van der Waals surface area (Å²) >= 11 is 0. The molecule has 2 aliphatic rings. The lowest BCUT2D eigenvalue weighted by Crippen LogP contribution is -2.35. The van der Waals surface area contributed by atoms with Gasteiger partial charge in [0.25, 0.3) is 0 Å². The van der Waals surface area contributed by atoms with Gasteiger partial charge in [-0.2, -0.15) is 4.31 Å². The number of ether oxygens (including phenoxy) is 1. The third-order valence-corrected chi connectivity index (χ3v) is 7.50. The summed E-state index contributed by atoms with van der Waals surface area (Å²) in [6.07, 6.45) is 4.84. The van der Waals surface area contributed by atoms with Crippen LogP contribution in [0.15, 0.2) is 33.7 Å². The van der Waals surface area contributed by atoms with Gasteiger partial charge in [0, 0.05) is 32.2 Å². The minimum atomic E-state index is -3.64. The van der Waals surface area contributed by atoms with Gasteiger partial charge in [-0.05, 0) is 50.8 Å². The van der Waals surface area contributed by atoms with Crippen molar-refractivity contribution in [1.29, 1.82) is 0 Å². The molecule has 0 N–H and O–H groups in total. The lowest BCUT2D eigenvalue weighted by atomic mass is 10.1. The van der Waals surface area contributed by atoms with Crippen LogP contribution in [0, 0.1) is 6.92 Å². The molecule has 0 unspecified atom stereocenters. The first-order valence-corrected chi connectivity index (χ1v) is 11.9. The molecule has 2 aromatic rings. The molecule has 30 heavy (non-hydrogen) atoms. The van der Waals surface area contributed by atoms with Gasteiger partial charge in [-0.15, -0.1) is 0 Å². The second-order valence-electron chi connectivity index (χ2n) is 7.85. The van der Waals surface area contributed by atoms with Crippen molar-refractivity contribution in [3.63, 3.8) is 0 Å². The molecule has 0 bridgehead atoms. The zero-order valence-corrected chi connectivity index (χ0v) is 18.0. The zero-order valence-electron chi connectivity index (χ0n) is 17.2. The zero-order chi connectivity index (χ0) is 21.1. The van der Waals surface area contributed by atoms with Crippen LogP contribution in [0.3, 0.4) is 0 Å². The molecule has 162 valence electrons. The van der Waals surface area contributed by atoms with Gasteiger partial charge in [-0.3, -0.25) is 0 Å². The van der Waals surface area contributed by atoms with Crippen molar-refractivity contribution in [2.45, 2.75) is 50.5 Å². The van der Waals surface area contributed by atoms with Crippen molar-refractivity contribution in [3.8, 4) is 0 Å². The van der Waals surface area contributed by atoms with Crippen LogP contribution >= 0.6 is 0 Å². The summed E-state index contributed by atoms with van der Waals surface area (Å²) in [6.45, 7) is 4.43. The number of aryl methyl sites for hydroxylation is 1. The molecule has 0 aliphatic carbocycles. The Bertz CT molecular complexity index is 1010. The lowest BCUT2D eigenvalue weighted by Gasteiger charge is -2.27. The van der Waals surface area contributed by atoms with Gasteiger partial charge in [0.15, 0.2) is 12.4 Å². The van der Waals surface area contributed by atoms with E-state index in [4.69, 9.17) is 9.26 Å². The number of anilines is 1. The molecule has 0 amide bonds. The number of benzene rings is 1. The number of nitrogens with zero attached hydrogens (tertiary/aromatic N) is 3. The van der Waals surface area contributed by atoms with Crippen LogP contribution in [0.5, 0.6) is 0 Å². The van der Waals surface area contributed by atoms with E-state index in [2.05, 4.69) is 10.1 Å². The van der Waals surface area contributed by atoms with Crippen LogP contribution in [0.25, 0.3) is 0 Å². The summed E-state index contributed by atoms with van der Waals surface area (Å²) in [5, 5.41) is 3.79. The number of piperidine rings is 1. The number of rotatable bonds is 6. The van der Waals surface area contributed by atoms with E-state index in [-0.39, 0.29) is 17.1 Å². The highest BCUT2D eigenvalue weighted by Crippen LogP contribution is 2.30. The van der Waals surface area contributed by atoms with E-state index < -0.39 is 16.0 Å². The molecule has 0 atom stereocenters. The maximum atomic E-state index is 13.1. The Morgan fingerprint density at radius 3 is 2.43 bits per heavy atom. The summed E-state index contributed by atoms with van der Waals surface area (Å²) in [5.41, 5.74) is 1.68. The molecule has 1 aromatic carbocycles. The minimum Gasteiger partial charge on any atom is -0.454 e. The lowest BCUT2D eigenvalue weighted by molar-refractivity contribution is 0.0438. The number of carbonyl (C=O) groups excluding carboxylic acids is 1. The summed E-state index contributed by atoms with van der Waals surface area (Å²) < 4.78 is 38.3. The highest BCUT2D eigenvalue weighted by Gasteiger charge is 2.29. The van der Waals surface area contributed by atoms with Gasteiger partial charge in [-0.1, -0.05) is 11.6 Å². The van der Waals surface area contributed by atoms with Crippen LogP contribution in [0.4, 0.5) is 5.69 Å². The molecule has 2 aliphatic heterocycles. The SMILES string of the molecule is Cc1cc(COC(=O)c2cc(S(=O)(=O)N3CCCCC3)ccc2N2CCCC2)on1. The largest absolute Gasteiger partial charge is 0.454 e. The van der Waals surface area contributed by atoms with Gasteiger partial charge in [0.2, 0.25) is 10.0 Å². The highest BCUT2D eigenvalue weighted by atomic mass is 32.2. The van der Waals surface area contributed by atoms with E-state index >= 15 is 0 Å². The Morgan fingerprint density at radius 1 is 1.07 bits per heavy atom. The summed E-state index contributed by atoms with van der Waals surface area (Å²) in [6, 6.07) is 6.50. The molecule has 2 fully saturated rings. The first-order valence-electron chi connectivity index (χ1n) is 10.4. The fraction of sp³-hybridized carbons (Fsp3) is 0.524. The fourth-order valence-corrected chi connectivity index (χ4v) is 5.57. The molecular formula is C21H27N3O5S. The van der Waals surface area contributed by atoms with E-state index in [1.54, 1.807) is 25.1 Å². The summed E-state index contributed by atoms with van der Waals surface area (Å²) in [4.78, 5) is 15.2. The van der Waals surface area contributed by atoms with Gasteiger partial charge < -0.3 is 14.2 Å². The van der Waals surface area contributed by atoms with Crippen molar-refractivity contribution in [2.24, 2.45) is 0 Å². The Balaban J connectivity index is 1.62. The van der Waals surface area contributed by atoms with Gasteiger partial charge >= 0.3 is 5.97 Å². The van der Waals surface area contributed by atoms with Crippen molar-refractivity contribution in [1.82, 2.24) is 9.46 Å². The number of carbonyl (C=O) groups is 1. The maximum Gasteiger partial charge on any atom is 0.340 e. The van der Waals surface area contributed by atoms with Crippen molar-refractivity contribution >= 4 is 21.7 Å². The van der Waals surface area contributed by atoms with Gasteiger partial charge in [0.1, 0.15) is 0 Å². The third-order valence-electron chi connectivity index (χ3n) is 5.61. The van der Waals surface area contributed by atoms with Gasteiger partial charge in [0.05, 0.1) is 21.8 Å². The predicted molar refractivity (Wildman–Crippen MR) is 111 cm³/mol. The molecular weight excluding hydrogens is 406 g/mol. The Morgan fingerprint density at radius 2 is 1.77 bits per heavy atom. The molecule has 3 heterocycles. The molecule has 1 aromatic heterocycles. The molecule has 8 nitrogen and oxygen atoms in total. The van der Waals surface area contributed by atoms with Crippen LogP contribution in [0.1, 0.15) is 53.9 Å². The third kappa shape index (κ3) is 4.37. The molecule has 0 radical (unpaired) electrons. The molecule has 9 heteroatoms. The van der Waals surface area contributed by atoms with E-state index in [1.165, 1.54) is 10.4 Å². The van der Waals surface area contributed by atoms with E-state index in [0.717, 1.165) is 45.2 Å². The number of hydrogen-bond acceptors (Lipinski definition) is 7. The van der Waals surface area contributed by atoms with Crippen LogP contribution in [-0.4, -0.2) is 50.0 Å². The predicted octanol–water partition coefficient (Wildman–Crippen LogP) is 3.11. The number of hydrogen-bond donors (Lipinski definition) is 0. The number of sulfonamides is 1. The smallest absolute Gasteiger partial charge is 0.340 e. The monoisotopic (exact) mass is 433 g/mol. The number of aromatic nitrogens is 1. The van der Waals surface area contributed by atoms with Crippen LogP contribution in [-0.2, 0) is 21.4 Å². The van der Waals surface area contributed by atoms with E-state index in [1.807, 2.05) is 0 Å². The standard InChI is InChI=1S/C21H27N3O5S/c1-16-13-17(29-22-16)15-28-21(25)19-14-18(7-8-20(19)23-9-5-6-10-23)30(26,27)24-11-3-2-4-12-24/h7-8,13-14H,2-6,9-12,15H2,1H3. The molecule has 0 saturated carbocycles. The molecule has 0 spiro atoms. The average Bonchev–Trinajstić information content (AvgIpc) is 3.44. The first kappa shape index (κ1) is 20.9. The topological polar surface area (TPSA) is 93.0 Å². The fourth-order valence-electron chi connectivity index (χ4n) is 4.03. The Labute approximate surface area is 176 Å².